The van der Waals surface area contributed by atoms with Gasteiger partial charge >= 0.3 is 0 Å². The normalized spacial score (nSPS) is 12.6. The van der Waals surface area contributed by atoms with Crippen LogP contribution in [-0.4, -0.2) is 35.7 Å². The molecule has 1 rings (SSSR count). The Hall–Kier alpha value is -1.36. The highest BCUT2D eigenvalue weighted by Crippen LogP contribution is 2.13. The van der Waals surface area contributed by atoms with Crippen LogP contribution in [0, 0.1) is 0 Å². The molecular weight excluding hydrogens is 204 g/mol. The van der Waals surface area contributed by atoms with Crippen LogP contribution in [0.4, 0.5) is 5.82 Å². The zero-order chi connectivity index (χ0) is 12.1. The minimum atomic E-state index is 0.0986. The van der Waals surface area contributed by atoms with E-state index < -0.39 is 0 Å². The van der Waals surface area contributed by atoms with Gasteiger partial charge in [0.1, 0.15) is 0 Å². The molecule has 2 N–H and O–H groups in total. The minimum Gasteiger partial charge on any atom is -0.474 e. The van der Waals surface area contributed by atoms with Crippen molar-refractivity contribution in [3.05, 3.63) is 12.4 Å². The van der Waals surface area contributed by atoms with Gasteiger partial charge in [-0.15, -0.1) is 0 Å². The summed E-state index contributed by atoms with van der Waals surface area (Å²) in [5.41, 5.74) is 5.73. The van der Waals surface area contributed by atoms with Crippen LogP contribution < -0.4 is 15.4 Å². The molecular formula is C11H20N4O. The maximum Gasteiger partial charge on any atom is 0.234 e. The van der Waals surface area contributed by atoms with E-state index in [1.807, 2.05) is 32.7 Å². The SMILES string of the molecule is CC(N)CN(C)c1cncc(OC(C)C)n1. The Morgan fingerprint density at radius 2 is 2.06 bits per heavy atom. The molecule has 16 heavy (non-hydrogen) atoms. The predicted molar refractivity (Wildman–Crippen MR) is 64.7 cm³/mol. The monoisotopic (exact) mass is 224 g/mol. The number of anilines is 1. The first-order chi connectivity index (χ1) is 7.49. The van der Waals surface area contributed by atoms with E-state index in [9.17, 15) is 0 Å². The molecule has 0 amide bonds. The topological polar surface area (TPSA) is 64.3 Å². The Morgan fingerprint density at radius 1 is 1.38 bits per heavy atom. The first-order valence-electron chi connectivity index (χ1n) is 5.44. The number of hydrogen-bond acceptors (Lipinski definition) is 5. The largest absolute Gasteiger partial charge is 0.474 e. The van der Waals surface area contributed by atoms with E-state index in [1.165, 1.54) is 0 Å². The molecule has 0 aliphatic heterocycles. The van der Waals surface area contributed by atoms with Crippen molar-refractivity contribution in [3.63, 3.8) is 0 Å². The molecule has 1 unspecified atom stereocenters. The second-order valence-corrected chi connectivity index (χ2v) is 4.24. The summed E-state index contributed by atoms with van der Waals surface area (Å²) in [6.07, 6.45) is 3.42. The highest BCUT2D eigenvalue weighted by Gasteiger charge is 2.07. The number of nitrogens with two attached hydrogens (primary N) is 1. The standard InChI is InChI=1S/C11H20N4O/c1-8(2)16-11-6-13-5-10(14-11)15(4)7-9(3)12/h5-6,8-9H,7,12H2,1-4H3. The van der Waals surface area contributed by atoms with Crippen LogP contribution in [0.25, 0.3) is 0 Å². The number of aromatic nitrogens is 2. The zero-order valence-corrected chi connectivity index (χ0v) is 10.3. The second-order valence-electron chi connectivity index (χ2n) is 4.24. The van der Waals surface area contributed by atoms with Crippen LogP contribution in [0.3, 0.4) is 0 Å². The molecule has 0 radical (unpaired) electrons. The summed E-state index contributed by atoms with van der Waals surface area (Å²) in [5.74, 6) is 1.32. The van der Waals surface area contributed by atoms with Gasteiger partial charge in [-0.1, -0.05) is 0 Å². The third-order valence-electron chi connectivity index (χ3n) is 1.91. The average Bonchev–Trinajstić information content (AvgIpc) is 2.16. The molecule has 1 atom stereocenters. The fourth-order valence-electron chi connectivity index (χ4n) is 1.35. The Kier molecular flexibility index (Phi) is 4.49. The van der Waals surface area contributed by atoms with Crippen molar-refractivity contribution in [3.8, 4) is 5.88 Å². The maximum atomic E-state index is 5.73. The van der Waals surface area contributed by atoms with Crippen LogP contribution in [0.2, 0.25) is 0 Å². The van der Waals surface area contributed by atoms with Gasteiger partial charge in [0.15, 0.2) is 5.82 Å². The van der Waals surface area contributed by atoms with E-state index in [0.29, 0.717) is 5.88 Å². The molecule has 0 aromatic carbocycles. The number of rotatable bonds is 5. The lowest BCUT2D eigenvalue weighted by Gasteiger charge is -2.20. The molecule has 1 heterocycles. The van der Waals surface area contributed by atoms with E-state index >= 15 is 0 Å². The quantitative estimate of drug-likeness (QED) is 0.809. The number of hydrogen-bond donors (Lipinski definition) is 1. The molecule has 1 aromatic heterocycles. The number of nitrogens with zero attached hydrogens (tertiary/aromatic N) is 3. The fraction of sp³-hybridized carbons (Fsp3) is 0.636. The summed E-state index contributed by atoms with van der Waals surface area (Å²) < 4.78 is 5.48. The fourth-order valence-corrected chi connectivity index (χ4v) is 1.35. The second kappa shape index (κ2) is 5.65. The first-order valence-corrected chi connectivity index (χ1v) is 5.44. The van der Waals surface area contributed by atoms with E-state index in [4.69, 9.17) is 10.5 Å². The smallest absolute Gasteiger partial charge is 0.234 e. The molecule has 0 saturated heterocycles. The molecule has 1 aromatic rings. The van der Waals surface area contributed by atoms with E-state index in [1.54, 1.807) is 12.4 Å². The molecule has 0 bridgehead atoms. The predicted octanol–water partition coefficient (Wildman–Crippen LogP) is 1.05. The van der Waals surface area contributed by atoms with Gasteiger partial charge in [-0.05, 0) is 20.8 Å². The number of ether oxygens (including phenoxy) is 1. The zero-order valence-electron chi connectivity index (χ0n) is 10.3. The van der Waals surface area contributed by atoms with Crippen LogP contribution in [0.1, 0.15) is 20.8 Å². The lowest BCUT2D eigenvalue weighted by atomic mass is 10.3. The molecule has 0 spiro atoms. The summed E-state index contributed by atoms with van der Waals surface area (Å²) in [6, 6.07) is 0.0986. The van der Waals surface area contributed by atoms with Gasteiger partial charge in [0.25, 0.3) is 0 Å². The van der Waals surface area contributed by atoms with Crippen LogP contribution in [0.5, 0.6) is 5.88 Å². The van der Waals surface area contributed by atoms with E-state index in [2.05, 4.69) is 9.97 Å². The first kappa shape index (κ1) is 12.7. The third-order valence-corrected chi connectivity index (χ3v) is 1.91. The molecule has 0 saturated carbocycles. The minimum absolute atomic E-state index is 0.0986. The lowest BCUT2D eigenvalue weighted by molar-refractivity contribution is 0.231. The average molecular weight is 224 g/mol. The van der Waals surface area contributed by atoms with Gasteiger partial charge in [-0.25, -0.2) is 0 Å². The highest BCUT2D eigenvalue weighted by molar-refractivity contribution is 5.36. The summed E-state index contributed by atoms with van der Waals surface area (Å²) in [6.45, 7) is 6.61. The van der Waals surface area contributed by atoms with Crippen molar-refractivity contribution in [2.45, 2.75) is 32.9 Å². The summed E-state index contributed by atoms with van der Waals surface area (Å²) in [5, 5.41) is 0. The maximum absolute atomic E-state index is 5.73. The van der Waals surface area contributed by atoms with Gasteiger partial charge in [0.2, 0.25) is 5.88 Å². The molecule has 5 heteroatoms. The summed E-state index contributed by atoms with van der Waals surface area (Å²) in [4.78, 5) is 10.4. The molecule has 0 fully saturated rings. The van der Waals surface area contributed by atoms with Gasteiger partial charge < -0.3 is 15.4 Å². The van der Waals surface area contributed by atoms with Crippen LogP contribution in [0.15, 0.2) is 12.4 Å². The summed E-state index contributed by atoms with van der Waals surface area (Å²) >= 11 is 0. The molecule has 90 valence electrons. The van der Waals surface area contributed by atoms with Gasteiger partial charge in [0, 0.05) is 19.6 Å². The molecule has 0 aliphatic rings. The van der Waals surface area contributed by atoms with E-state index in [-0.39, 0.29) is 12.1 Å². The van der Waals surface area contributed by atoms with Gasteiger partial charge in [-0.3, -0.25) is 4.98 Å². The van der Waals surface area contributed by atoms with E-state index in [0.717, 1.165) is 12.4 Å². The van der Waals surface area contributed by atoms with Crippen LogP contribution in [-0.2, 0) is 0 Å². The van der Waals surface area contributed by atoms with Gasteiger partial charge in [0.05, 0.1) is 18.5 Å². The Labute approximate surface area is 96.6 Å². The van der Waals surface area contributed by atoms with Crippen molar-refractivity contribution in [2.24, 2.45) is 5.73 Å². The van der Waals surface area contributed by atoms with Crippen molar-refractivity contribution in [2.75, 3.05) is 18.5 Å². The molecule has 0 aliphatic carbocycles. The van der Waals surface area contributed by atoms with Crippen molar-refractivity contribution in [1.82, 2.24) is 9.97 Å². The summed E-state index contributed by atoms with van der Waals surface area (Å²) in [7, 11) is 1.94. The van der Waals surface area contributed by atoms with Crippen molar-refractivity contribution >= 4 is 5.82 Å². The lowest BCUT2D eigenvalue weighted by Crippen LogP contribution is -2.33. The van der Waals surface area contributed by atoms with Crippen molar-refractivity contribution < 1.29 is 4.74 Å². The third kappa shape index (κ3) is 4.02. The molecule has 5 nitrogen and oxygen atoms in total. The number of likely N-dealkylation sites (N-methyl/N-ethyl adjacent to an activating group) is 1. The Morgan fingerprint density at radius 3 is 2.62 bits per heavy atom. The highest BCUT2D eigenvalue weighted by atomic mass is 16.5. The van der Waals surface area contributed by atoms with Crippen LogP contribution >= 0.6 is 0 Å². The van der Waals surface area contributed by atoms with Crippen molar-refractivity contribution in [1.29, 1.82) is 0 Å². The Balaban J connectivity index is 2.73. The Bertz CT molecular complexity index is 328. The van der Waals surface area contributed by atoms with Gasteiger partial charge in [-0.2, -0.15) is 4.98 Å².